The standard InChI is InChI=1S/C25H26F3N7O/c1-15(2)24(7-8-24)20-12-18(25(26,27)28)11-19(33-20)22(36)34(13-17-5-6-17)16(3)21-31-14-32-35(21)23-29-9-4-10-30-23/h4,9-12,14,16-17H,1,5-8,13H2,2-3H3. The first-order chi connectivity index (χ1) is 17.1. The van der Waals surface area contributed by atoms with Crippen LogP contribution in [0.15, 0.2) is 49.1 Å². The molecule has 2 aliphatic carbocycles. The summed E-state index contributed by atoms with van der Waals surface area (Å²) in [7, 11) is 0. The first-order valence-electron chi connectivity index (χ1n) is 11.8. The zero-order valence-electron chi connectivity index (χ0n) is 20.0. The molecule has 0 saturated heterocycles. The predicted molar refractivity (Wildman–Crippen MR) is 124 cm³/mol. The van der Waals surface area contributed by atoms with Crippen molar-refractivity contribution in [1.82, 2.24) is 34.6 Å². The first kappa shape index (κ1) is 24.1. The number of halogens is 3. The highest BCUT2D eigenvalue weighted by Gasteiger charge is 2.48. The third kappa shape index (κ3) is 4.49. The van der Waals surface area contributed by atoms with Crippen LogP contribution in [-0.4, -0.2) is 47.1 Å². The summed E-state index contributed by atoms with van der Waals surface area (Å²) in [6, 6.07) is 2.95. The van der Waals surface area contributed by atoms with E-state index in [0.29, 0.717) is 25.2 Å². The molecule has 3 aromatic heterocycles. The van der Waals surface area contributed by atoms with Gasteiger partial charge in [-0.15, -0.1) is 0 Å². The van der Waals surface area contributed by atoms with Crippen LogP contribution in [0.1, 0.15) is 73.1 Å². The minimum atomic E-state index is -4.62. The maximum Gasteiger partial charge on any atom is 0.416 e. The Kier molecular flexibility index (Phi) is 5.88. The lowest BCUT2D eigenvalue weighted by atomic mass is 9.92. The number of carbonyl (C=O) groups excluding carboxylic acids is 1. The van der Waals surface area contributed by atoms with Crippen LogP contribution in [0.3, 0.4) is 0 Å². The van der Waals surface area contributed by atoms with Gasteiger partial charge in [-0.1, -0.05) is 12.2 Å². The molecule has 3 aromatic rings. The summed E-state index contributed by atoms with van der Waals surface area (Å²) >= 11 is 0. The summed E-state index contributed by atoms with van der Waals surface area (Å²) in [5.41, 5.74) is -0.751. The van der Waals surface area contributed by atoms with Gasteiger partial charge in [-0.2, -0.15) is 23.0 Å². The molecule has 0 radical (unpaired) electrons. The van der Waals surface area contributed by atoms with Gasteiger partial charge >= 0.3 is 6.18 Å². The average molecular weight is 498 g/mol. The molecule has 1 unspecified atom stereocenters. The number of pyridine rings is 1. The number of rotatable bonds is 8. The van der Waals surface area contributed by atoms with Crippen molar-refractivity contribution < 1.29 is 18.0 Å². The van der Waals surface area contributed by atoms with E-state index in [0.717, 1.165) is 30.5 Å². The number of nitrogens with zero attached hydrogens (tertiary/aromatic N) is 7. The molecule has 2 saturated carbocycles. The van der Waals surface area contributed by atoms with E-state index >= 15 is 0 Å². The van der Waals surface area contributed by atoms with E-state index in [4.69, 9.17) is 0 Å². The lowest BCUT2D eigenvalue weighted by Gasteiger charge is -2.29. The summed E-state index contributed by atoms with van der Waals surface area (Å²) in [6.45, 7) is 7.91. The molecular formula is C25H26F3N7O. The van der Waals surface area contributed by atoms with E-state index in [-0.39, 0.29) is 23.3 Å². The maximum atomic E-state index is 13.9. The Morgan fingerprint density at radius 3 is 2.50 bits per heavy atom. The fraction of sp³-hybridized carbons (Fsp3) is 0.440. The van der Waals surface area contributed by atoms with Crippen LogP contribution in [0.25, 0.3) is 5.95 Å². The Hall–Kier alpha value is -3.63. The van der Waals surface area contributed by atoms with Gasteiger partial charge in [0.05, 0.1) is 17.3 Å². The Morgan fingerprint density at radius 2 is 1.92 bits per heavy atom. The Bertz CT molecular complexity index is 1300. The normalized spacial score (nSPS) is 17.5. The molecule has 3 heterocycles. The zero-order chi connectivity index (χ0) is 25.7. The van der Waals surface area contributed by atoms with Crippen molar-refractivity contribution in [1.29, 1.82) is 0 Å². The minimum Gasteiger partial charge on any atom is -0.327 e. The monoisotopic (exact) mass is 497 g/mol. The van der Waals surface area contributed by atoms with Crippen molar-refractivity contribution in [3.63, 3.8) is 0 Å². The summed E-state index contributed by atoms with van der Waals surface area (Å²) in [4.78, 5) is 32.6. The molecule has 5 rings (SSSR count). The number of carbonyl (C=O) groups is 1. The van der Waals surface area contributed by atoms with Crippen molar-refractivity contribution in [3.05, 3.63) is 71.8 Å². The van der Waals surface area contributed by atoms with Crippen molar-refractivity contribution in [2.24, 2.45) is 5.92 Å². The van der Waals surface area contributed by atoms with Gasteiger partial charge in [-0.25, -0.2) is 19.9 Å². The van der Waals surface area contributed by atoms with E-state index in [9.17, 15) is 18.0 Å². The van der Waals surface area contributed by atoms with Crippen LogP contribution in [0.5, 0.6) is 0 Å². The molecule has 0 bridgehead atoms. The minimum absolute atomic E-state index is 0.234. The second kappa shape index (κ2) is 8.79. The molecule has 0 aliphatic heterocycles. The highest BCUT2D eigenvalue weighted by Crippen LogP contribution is 2.53. The third-order valence-corrected chi connectivity index (χ3v) is 7.00. The Labute approximate surface area is 206 Å². The second-order valence-electron chi connectivity index (χ2n) is 9.64. The third-order valence-electron chi connectivity index (χ3n) is 7.00. The zero-order valence-corrected chi connectivity index (χ0v) is 20.0. The van der Waals surface area contributed by atoms with Crippen LogP contribution in [0.4, 0.5) is 13.2 Å². The molecule has 2 aliphatic rings. The van der Waals surface area contributed by atoms with Gasteiger partial charge in [0.1, 0.15) is 12.0 Å². The molecule has 1 amide bonds. The Morgan fingerprint density at radius 1 is 1.22 bits per heavy atom. The fourth-order valence-corrected chi connectivity index (χ4v) is 4.45. The molecule has 36 heavy (non-hydrogen) atoms. The second-order valence-corrected chi connectivity index (χ2v) is 9.64. The van der Waals surface area contributed by atoms with Gasteiger partial charge in [0.25, 0.3) is 11.9 Å². The van der Waals surface area contributed by atoms with Crippen LogP contribution in [0, 0.1) is 5.92 Å². The van der Waals surface area contributed by atoms with Crippen LogP contribution >= 0.6 is 0 Å². The van der Waals surface area contributed by atoms with Gasteiger partial charge in [-0.3, -0.25) is 4.79 Å². The van der Waals surface area contributed by atoms with Crippen LogP contribution in [0.2, 0.25) is 0 Å². The molecule has 1 atom stereocenters. The highest BCUT2D eigenvalue weighted by molar-refractivity contribution is 5.93. The van der Waals surface area contributed by atoms with Gasteiger partial charge in [0, 0.05) is 24.4 Å². The SMILES string of the molecule is C=C(C)C1(c2cc(C(F)(F)F)cc(C(=O)N(CC3CC3)C(C)c3ncnn3-c3ncccn3)n2)CC1. The average Bonchev–Trinajstić information content (AvgIpc) is 3.79. The molecule has 0 aromatic carbocycles. The van der Waals surface area contributed by atoms with Crippen molar-refractivity contribution >= 4 is 5.91 Å². The molecule has 2 fully saturated rings. The number of aromatic nitrogens is 6. The van der Waals surface area contributed by atoms with Gasteiger partial charge in [-0.05, 0) is 63.6 Å². The smallest absolute Gasteiger partial charge is 0.327 e. The molecule has 11 heteroatoms. The maximum absolute atomic E-state index is 13.9. The summed E-state index contributed by atoms with van der Waals surface area (Å²) in [6.07, 6.45) is 3.07. The van der Waals surface area contributed by atoms with Gasteiger partial charge in [0.2, 0.25) is 0 Å². The largest absolute Gasteiger partial charge is 0.416 e. The summed E-state index contributed by atoms with van der Waals surface area (Å²) in [5.74, 6) is 0.384. The molecule has 0 N–H and O–H groups in total. The molecule has 188 valence electrons. The number of hydrogen-bond donors (Lipinski definition) is 0. The quantitative estimate of drug-likeness (QED) is 0.420. The number of amides is 1. The predicted octanol–water partition coefficient (Wildman–Crippen LogP) is 4.69. The Balaban J connectivity index is 1.55. The molecule has 0 spiro atoms. The van der Waals surface area contributed by atoms with Crippen molar-refractivity contribution in [3.8, 4) is 5.95 Å². The van der Waals surface area contributed by atoms with Crippen LogP contribution < -0.4 is 0 Å². The summed E-state index contributed by atoms with van der Waals surface area (Å²) in [5, 5.41) is 4.21. The molecular weight excluding hydrogens is 471 g/mol. The topological polar surface area (TPSA) is 89.7 Å². The van der Waals surface area contributed by atoms with Crippen molar-refractivity contribution in [2.75, 3.05) is 6.54 Å². The highest BCUT2D eigenvalue weighted by atomic mass is 19.4. The first-order valence-corrected chi connectivity index (χ1v) is 11.8. The van der Waals surface area contributed by atoms with E-state index in [1.807, 2.05) is 0 Å². The lowest BCUT2D eigenvalue weighted by Crippen LogP contribution is -2.37. The fourth-order valence-electron chi connectivity index (χ4n) is 4.45. The van der Waals surface area contributed by atoms with E-state index < -0.39 is 29.1 Å². The van der Waals surface area contributed by atoms with Gasteiger partial charge < -0.3 is 4.90 Å². The number of allylic oxidation sites excluding steroid dienone is 1. The molecule has 8 nitrogen and oxygen atoms in total. The lowest BCUT2D eigenvalue weighted by molar-refractivity contribution is -0.137. The van der Waals surface area contributed by atoms with E-state index in [1.54, 1.807) is 32.3 Å². The summed E-state index contributed by atoms with van der Waals surface area (Å²) < 4.78 is 43.0. The van der Waals surface area contributed by atoms with Crippen molar-refractivity contribution in [2.45, 2.75) is 57.2 Å². The number of alkyl halides is 3. The van der Waals surface area contributed by atoms with E-state index in [2.05, 4.69) is 31.6 Å². The van der Waals surface area contributed by atoms with Gasteiger partial charge in [0.15, 0.2) is 5.82 Å². The van der Waals surface area contributed by atoms with Crippen LogP contribution in [-0.2, 0) is 11.6 Å². The number of hydrogen-bond acceptors (Lipinski definition) is 6. The van der Waals surface area contributed by atoms with E-state index in [1.165, 1.54) is 15.9 Å².